The predicted octanol–water partition coefficient (Wildman–Crippen LogP) is 3.19. The van der Waals surface area contributed by atoms with Gasteiger partial charge in [0.25, 0.3) is 11.1 Å². The molecule has 0 aliphatic carbocycles. The molecule has 1 fully saturated rings. The highest BCUT2D eigenvalue weighted by Crippen LogP contribution is 2.33. The fourth-order valence-corrected chi connectivity index (χ4v) is 3.71. The fraction of sp³-hybridized carbons (Fsp3) is 0.273. The number of carbonyl (C=O) groups is 2. The largest absolute Gasteiger partial charge is 0.383 e. The molecule has 0 aromatic carbocycles. The van der Waals surface area contributed by atoms with E-state index in [1.807, 2.05) is 12.1 Å². The summed E-state index contributed by atoms with van der Waals surface area (Å²) in [6.07, 6.45) is 1.74. The maximum Gasteiger partial charge on any atom is 0.293 e. The monoisotopic (exact) mass is 347 g/mol. The summed E-state index contributed by atoms with van der Waals surface area (Å²) in [5.74, 6) is -0.244. The van der Waals surface area contributed by atoms with Gasteiger partial charge in [-0.2, -0.15) is 0 Å². The van der Waals surface area contributed by atoms with Crippen molar-refractivity contribution >= 4 is 56.3 Å². The van der Waals surface area contributed by atoms with Crippen LogP contribution in [0, 0.1) is 0 Å². The number of thiophene rings is 1. The minimum Gasteiger partial charge on any atom is -0.383 e. The summed E-state index contributed by atoms with van der Waals surface area (Å²) < 4.78 is 5.87. The summed E-state index contributed by atoms with van der Waals surface area (Å²) >= 11 is 5.85. The number of hydrogen-bond acceptors (Lipinski definition) is 5. The number of hydrogen-bond donors (Lipinski definition) is 0. The Morgan fingerprint density at radius 1 is 1.44 bits per heavy atom. The summed E-state index contributed by atoms with van der Waals surface area (Å²) in [5.41, 5.74) is 0. The Morgan fingerprint density at radius 2 is 2.22 bits per heavy atom. The number of amides is 2. The SMILES string of the molecule is COCCN1C(=O)SC(=Cc2ccc(Br)s2)C1=O. The lowest BCUT2D eigenvalue weighted by atomic mass is 10.4. The van der Waals surface area contributed by atoms with E-state index in [1.54, 1.807) is 6.08 Å². The average Bonchev–Trinajstić information content (AvgIpc) is 2.84. The zero-order valence-electron chi connectivity index (χ0n) is 9.51. The molecule has 0 unspecified atom stereocenters. The van der Waals surface area contributed by atoms with Crippen LogP contribution >= 0.6 is 39.0 Å². The van der Waals surface area contributed by atoms with Crippen LogP contribution in [0.5, 0.6) is 0 Å². The zero-order valence-corrected chi connectivity index (χ0v) is 12.7. The minimum atomic E-state index is -0.244. The van der Waals surface area contributed by atoms with Gasteiger partial charge in [-0.1, -0.05) is 0 Å². The Balaban J connectivity index is 2.14. The Labute approximate surface area is 121 Å². The standard InChI is InChI=1S/C11H10BrNO3S2/c1-16-5-4-13-10(14)8(18-11(13)15)6-7-2-3-9(12)17-7/h2-3,6H,4-5H2,1H3. The molecule has 2 rings (SSSR count). The third-order valence-corrected chi connectivity index (χ3v) is 4.74. The first-order valence-electron chi connectivity index (χ1n) is 5.11. The smallest absolute Gasteiger partial charge is 0.293 e. The molecule has 2 heterocycles. The third-order valence-electron chi connectivity index (χ3n) is 2.26. The normalized spacial score (nSPS) is 18.1. The van der Waals surface area contributed by atoms with Crippen LogP contribution in [-0.4, -0.2) is 36.3 Å². The molecule has 0 spiro atoms. The van der Waals surface area contributed by atoms with E-state index >= 15 is 0 Å². The molecular formula is C11H10BrNO3S2. The number of thioether (sulfide) groups is 1. The second-order valence-electron chi connectivity index (χ2n) is 3.47. The molecule has 1 aliphatic heterocycles. The number of ether oxygens (including phenoxy) is 1. The molecule has 96 valence electrons. The Hall–Kier alpha value is -0.630. The molecule has 2 amide bonds. The van der Waals surface area contributed by atoms with Gasteiger partial charge in [-0.05, 0) is 45.9 Å². The summed E-state index contributed by atoms with van der Waals surface area (Å²) in [6.45, 7) is 0.655. The molecule has 1 aromatic heterocycles. The molecule has 0 bridgehead atoms. The van der Waals surface area contributed by atoms with E-state index in [4.69, 9.17) is 4.74 Å². The van der Waals surface area contributed by atoms with E-state index in [0.717, 1.165) is 20.4 Å². The van der Waals surface area contributed by atoms with Crippen LogP contribution in [0.3, 0.4) is 0 Å². The summed E-state index contributed by atoms with van der Waals surface area (Å²) in [7, 11) is 1.54. The molecule has 0 atom stereocenters. The fourth-order valence-electron chi connectivity index (χ4n) is 1.41. The summed E-state index contributed by atoms with van der Waals surface area (Å²) in [4.78, 5) is 26.3. The molecule has 1 saturated heterocycles. The van der Waals surface area contributed by atoms with E-state index in [2.05, 4.69) is 15.9 Å². The molecule has 1 aliphatic rings. The van der Waals surface area contributed by atoms with Crippen LogP contribution in [0.15, 0.2) is 20.8 Å². The van der Waals surface area contributed by atoms with Crippen LogP contribution in [0.2, 0.25) is 0 Å². The Kier molecular flexibility index (Phi) is 4.60. The van der Waals surface area contributed by atoms with Crippen molar-refractivity contribution in [3.8, 4) is 0 Å². The van der Waals surface area contributed by atoms with E-state index in [9.17, 15) is 9.59 Å². The quantitative estimate of drug-likeness (QED) is 0.784. The van der Waals surface area contributed by atoms with Crippen molar-refractivity contribution in [2.75, 3.05) is 20.3 Å². The lowest BCUT2D eigenvalue weighted by Crippen LogP contribution is -2.31. The van der Waals surface area contributed by atoms with Crippen molar-refractivity contribution < 1.29 is 14.3 Å². The number of rotatable bonds is 4. The second-order valence-corrected chi connectivity index (χ2v) is 6.96. The van der Waals surface area contributed by atoms with Crippen molar-refractivity contribution in [1.82, 2.24) is 4.90 Å². The summed E-state index contributed by atoms with van der Waals surface area (Å²) in [6, 6.07) is 3.81. The molecule has 0 N–H and O–H groups in total. The van der Waals surface area contributed by atoms with Gasteiger partial charge < -0.3 is 4.74 Å². The zero-order chi connectivity index (χ0) is 13.1. The van der Waals surface area contributed by atoms with Gasteiger partial charge in [0.2, 0.25) is 0 Å². The molecule has 1 aromatic rings. The van der Waals surface area contributed by atoms with E-state index in [1.165, 1.54) is 23.3 Å². The molecule has 0 radical (unpaired) electrons. The highest BCUT2D eigenvalue weighted by Gasteiger charge is 2.34. The minimum absolute atomic E-state index is 0.237. The van der Waals surface area contributed by atoms with Gasteiger partial charge in [-0.15, -0.1) is 11.3 Å². The van der Waals surface area contributed by atoms with Crippen molar-refractivity contribution in [2.24, 2.45) is 0 Å². The highest BCUT2D eigenvalue weighted by molar-refractivity contribution is 9.11. The van der Waals surface area contributed by atoms with E-state index < -0.39 is 0 Å². The van der Waals surface area contributed by atoms with Gasteiger partial charge in [0.05, 0.1) is 21.8 Å². The average molecular weight is 348 g/mol. The van der Waals surface area contributed by atoms with Crippen molar-refractivity contribution in [1.29, 1.82) is 0 Å². The van der Waals surface area contributed by atoms with Crippen LogP contribution in [0.25, 0.3) is 6.08 Å². The van der Waals surface area contributed by atoms with Crippen LogP contribution in [0.1, 0.15) is 4.88 Å². The predicted molar refractivity (Wildman–Crippen MR) is 76.6 cm³/mol. The number of imide groups is 1. The molecular weight excluding hydrogens is 338 g/mol. The maximum atomic E-state index is 12.0. The molecule has 18 heavy (non-hydrogen) atoms. The topological polar surface area (TPSA) is 46.6 Å². The first-order chi connectivity index (χ1) is 8.61. The molecule has 7 heteroatoms. The maximum absolute atomic E-state index is 12.0. The number of nitrogens with zero attached hydrogens (tertiary/aromatic N) is 1. The molecule has 4 nitrogen and oxygen atoms in total. The van der Waals surface area contributed by atoms with Gasteiger partial charge in [-0.3, -0.25) is 14.5 Å². The van der Waals surface area contributed by atoms with E-state index in [0.29, 0.717) is 18.1 Å². The van der Waals surface area contributed by atoms with Crippen molar-refractivity contribution in [3.63, 3.8) is 0 Å². The van der Waals surface area contributed by atoms with Gasteiger partial charge >= 0.3 is 0 Å². The van der Waals surface area contributed by atoms with Gasteiger partial charge in [-0.25, -0.2) is 0 Å². The Bertz CT molecular complexity index is 512. The first-order valence-corrected chi connectivity index (χ1v) is 7.54. The van der Waals surface area contributed by atoms with Crippen molar-refractivity contribution in [2.45, 2.75) is 0 Å². The first kappa shape index (κ1) is 13.8. The van der Waals surface area contributed by atoms with Crippen LogP contribution in [0.4, 0.5) is 4.79 Å². The van der Waals surface area contributed by atoms with Crippen LogP contribution < -0.4 is 0 Å². The summed E-state index contributed by atoms with van der Waals surface area (Å²) in [5, 5.41) is -0.237. The third kappa shape index (κ3) is 3.03. The van der Waals surface area contributed by atoms with Crippen molar-refractivity contribution in [3.05, 3.63) is 25.7 Å². The van der Waals surface area contributed by atoms with Gasteiger partial charge in [0, 0.05) is 12.0 Å². The lowest BCUT2D eigenvalue weighted by Gasteiger charge is -2.10. The number of halogens is 1. The highest BCUT2D eigenvalue weighted by atomic mass is 79.9. The van der Waals surface area contributed by atoms with E-state index in [-0.39, 0.29) is 11.1 Å². The second kappa shape index (κ2) is 6.01. The van der Waals surface area contributed by atoms with Crippen LogP contribution in [-0.2, 0) is 9.53 Å². The van der Waals surface area contributed by atoms with Gasteiger partial charge in [0.1, 0.15) is 0 Å². The number of methoxy groups -OCH3 is 1. The Morgan fingerprint density at radius 3 is 2.83 bits per heavy atom. The molecule has 0 saturated carbocycles. The number of carbonyl (C=O) groups excluding carboxylic acids is 2. The lowest BCUT2D eigenvalue weighted by molar-refractivity contribution is -0.123. The van der Waals surface area contributed by atoms with Gasteiger partial charge in [0.15, 0.2) is 0 Å².